The van der Waals surface area contributed by atoms with Crippen LogP contribution in [0.1, 0.15) is 32.5 Å². The monoisotopic (exact) mass is 441 g/mol. The van der Waals surface area contributed by atoms with E-state index in [-0.39, 0.29) is 17.3 Å². The van der Waals surface area contributed by atoms with Gasteiger partial charge >= 0.3 is 0 Å². The van der Waals surface area contributed by atoms with Gasteiger partial charge in [0.2, 0.25) is 0 Å². The van der Waals surface area contributed by atoms with Crippen molar-refractivity contribution in [3.8, 4) is 10.4 Å². The predicted molar refractivity (Wildman–Crippen MR) is 116 cm³/mol. The fourth-order valence-electron chi connectivity index (χ4n) is 3.40. The number of benzene rings is 2. The van der Waals surface area contributed by atoms with Gasteiger partial charge in [-0.15, -0.1) is 11.3 Å². The first-order chi connectivity index (χ1) is 14.3. The van der Waals surface area contributed by atoms with E-state index in [2.05, 4.69) is 5.32 Å². The highest BCUT2D eigenvalue weighted by atomic mass is 32.2. The van der Waals surface area contributed by atoms with E-state index in [0.717, 1.165) is 16.0 Å². The molecule has 9 heteroatoms. The standard InChI is InChI=1S/C21H19N3O4S2/c1-2-23-21(26)13-7-9-15(10-8-13)30(27,28)24-12-14-11-18(20(22)25)29-19(14)16-5-3-4-6-17(16)24/h3-11H,2,12H2,1H3,(H2,22,25)(H,23,26). The number of carbonyl (C=O) groups is 2. The molecule has 1 aliphatic rings. The molecule has 0 saturated carbocycles. The minimum Gasteiger partial charge on any atom is -0.365 e. The van der Waals surface area contributed by atoms with E-state index in [4.69, 9.17) is 5.73 Å². The summed E-state index contributed by atoms with van der Waals surface area (Å²) in [7, 11) is -3.89. The molecule has 3 N–H and O–H groups in total. The average Bonchev–Trinajstić information content (AvgIpc) is 3.18. The van der Waals surface area contributed by atoms with Crippen molar-refractivity contribution in [1.82, 2.24) is 5.32 Å². The number of primary amides is 1. The number of carbonyl (C=O) groups excluding carboxylic acids is 2. The lowest BCUT2D eigenvalue weighted by Crippen LogP contribution is -2.32. The minimum absolute atomic E-state index is 0.0826. The van der Waals surface area contributed by atoms with Gasteiger partial charge in [-0.2, -0.15) is 0 Å². The summed E-state index contributed by atoms with van der Waals surface area (Å²) in [4.78, 5) is 24.9. The Hall–Kier alpha value is -3.17. The summed E-state index contributed by atoms with van der Waals surface area (Å²) >= 11 is 1.26. The fourth-order valence-corrected chi connectivity index (χ4v) is 5.92. The fraction of sp³-hybridized carbons (Fsp3) is 0.143. The van der Waals surface area contributed by atoms with E-state index in [9.17, 15) is 18.0 Å². The molecule has 0 spiro atoms. The van der Waals surface area contributed by atoms with Crippen LogP contribution in [0.15, 0.2) is 59.5 Å². The van der Waals surface area contributed by atoms with Gasteiger partial charge in [-0.3, -0.25) is 13.9 Å². The molecule has 0 atom stereocenters. The van der Waals surface area contributed by atoms with Crippen molar-refractivity contribution >= 4 is 38.9 Å². The Kier molecular flexibility index (Phi) is 5.08. The Bertz CT molecular complexity index is 1250. The Morgan fingerprint density at radius 1 is 1.13 bits per heavy atom. The maximum atomic E-state index is 13.4. The zero-order valence-corrected chi connectivity index (χ0v) is 17.7. The van der Waals surface area contributed by atoms with Gasteiger partial charge in [0, 0.05) is 22.5 Å². The van der Waals surface area contributed by atoms with Gasteiger partial charge in [0.25, 0.3) is 21.8 Å². The van der Waals surface area contributed by atoms with Gasteiger partial charge in [-0.1, -0.05) is 18.2 Å². The van der Waals surface area contributed by atoms with Crippen LogP contribution in [-0.2, 0) is 16.6 Å². The maximum absolute atomic E-state index is 13.4. The smallest absolute Gasteiger partial charge is 0.264 e. The van der Waals surface area contributed by atoms with Gasteiger partial charge in [0.05, 0.1) is 22.0 Å². The quantitative estimate of drug-likeness (QED) is 0.634. The summed E-state index contributed by atoms with van der Waals surface area (Å²) in [6.45, 7) is 2.39. The third-order valence-corrected chi connectivity index (χ3v) is 7.82. The Morgan fingerprint density at radius 2 is 1.83 bits per heavy atom. The molecule has 0 unspecified atom stereocenters. The molecule has 0 fully saturated rings. The second-order valence-corrected chi connectivity index (χ2v) is 9.66. The molecule has 3 aromatic rings. The topological polar surface area (TPSA) is 110 Å². The van der Waals surface area contributed by atoms with Gasteiger partial charge in [-0.05, 0) is 48.9 Å². The van der Waals surface area contributed by atoms with Crippen LogP contribution in [0.3, 0.4) is 0 Å². The van der Waals surface area contributed by atoms with Crippen molar-refractivity contribution in [3.05, 3.63) is 70.6 Å². The molecule has 2 aromatic carbocycles. The molecular weight excluding hydrogens is 422 g/mol. The highest BCUT2D eigenvalue weighted by Gasteiger charge is 2.33. The Labute approximate surface area is 178 Å². The van der Waals surface area contributed by atoms with E-state index in [0.29, 0.717) is 22.7 Å². The van der Waals surface area contributed by atoms with Crippen molar-refractivity contribution in [3.63, 3.8) is 0 Å². The second-order valence-electron chi connectivity index (χ2n) is 6.74. The first-order valence-corrected chi connectivity index (χ1v) is 11.5. The van der Waals surface area contributed by atoms with E-state index < -0.39 is 15.9 Å². The summed E-state index contributed by atoms with van der Waals surface area (Å²) in [6.07, 6.45) is 0. The van der Waals surface area contributed by atoms with Crippen LogP contribution in [0, 0.1) is 0 Å². The van der Waals surface area contributed by atoms with E-state index in [1.54, 1.807) is 18.2 Å². The molecule has 1 aliphatic heterocycles. The Balaban J connectivity index is 1.76. The maximum Gasteiger partial charge on any atom is 0.264 e. The molecule has 0 saturated heterocycles. The third kappa shape index (κ3) is 3.35. The molecule has 7 nitrogen and oxygen atoms in total. The number of rotatable bonds is 5. The van der Waals surface area contributed by atoms with Crippen molar-refractivity contribution in [1.29, 1.82) is 0 Å². The molecule has 0 radical (unpaired) electrons. The lowest BCUT2D eigenvalue weighted by molar-refractivity contribution is 0.0954. The van der Waals surface area contributed by atoms with Gasteiger partial charge in [-0.25, -0.2) is 8.42 Å². The number of fused-ring (bicyclic) bond motifs is 3. The van der Waals surface area contributed by atoms with Crippen LogP contribution >= 0.6 is 11.3 Å². The number of amides is 2. The highest BCUT2D eigenvalue weighted by molar-refractivity contribution is 7.92. The normalized spacial score (nSPS) is 12.8. The number of nitrogens with one attached hydrogen (secondary N) is 1. The number of nitrogens with two attached hydrogens (primary N) is 1. The number of nitrogens with zero attached hydrogens (tertiary/aromatic N) is 1. The molecule has 0 bridgehead atoms. The Morgan fingerprint density at radius 3 is 2.50 bits per heavy atom. The molecule has 2 amide bonds. The molecule has 30 heavy (non-hydrogen) atoms. The highest BCUT2D eigenvalue weighted by Crippen LogP contribution is 2.45. The first-order valence-electron chi connectivity index (χ1n) is 9.26. The summed E-state index contributed by atoms with van der Waals surface area (Å²) in [6, 6.07) is 14.7. The van der Waals surface area contributed by atoms with Gasteiger partial charge in [0.1, 0.15) is 0 Å². The van der Waals surface area contributed by atoms with Crippen LogP contribution in [0.4, 0.5) is 5.69 Å². The predicted octanol–water partition coefficient (Wildman–Crippen LogP) is 2.97. The summed E-state index contributed by atoms with van der Waals surface area (Å²) < 4.78 is 28.2. The second kappa shape index (κ2) is 7.58. The number of hydrogen-bond donors (Lipinski definition) is 2. The zero-order chi connectivity index (χ0) is 21.5. The van der Waals surface area contributed by atoms with Crippen molar-refractivity contribution in [2.75, 3.05) is 10.8 Å². The third-order valence-electron chi connectivity index (χ3n) is 4.83. The lowest BCUT2D eigenvalue weighted by Gasteiger charge is -2.30. The first kappa shape index (κ1) is 20.1. The van der Waals surface area contributed by atoms with Crippen molar-refractivity contribution in [2.24, 2.45) is 5.73 Å². The summed E-state index contributed by atoms with van der Waals surface area (Å²) in [5.41, 5.74) is 7.82. The largest absolute Gasteiger partial charge is 0.365 e. The van der Waals surface area contributed by atoms with Crippen molar-refractivity contribution < 1.29 is 18.0 Å². The molecule has 154 valence electrons. The van der Waals surface area contributed by atoms with Gasteiger partial charge < -0.3 is 11.1 Å². The molecule has 1 aromatic heterocycles. The SMILES string of the molecule is CCNC(=O)c1ccc(S(=O)(=O)N2Cc3cc(C(N)=O)sc3-c3ccccc32)cc1. The van der Waals surface area contributed by atoms with E-state index >= 15 is 0 Å². The molecule has 4 rings (SSSR count). The van der Waals surface area contributed by atoms with E-state index in [1.807, 2.05) is 19.1 Å². The van der Waals surface area contributed by atoms with Crippen LogP contribution in [-0.4, -0.2) is 26.8 Å². The summed E-state index contributed by atoms with van der Waals surface area (Å²) in [5, 5.41) is 2.68. The van der Waals surface area contributed by atoms with Crippen LogP contribution in [0.5, 0.6) is 0 Å². The van der Waals surface area contributed by atoms with Crippen molar-refractivity contribution in [2.45, 2.75) is 18.4 Å². The number of hydrogen-bond acceptors (Lipinski definition) is 5. The molecular formula is C21H19N3O4S2. The lowest BCUT2D eigenvalue weighted by atomic mass is 10.0. The number of thiophene rings is 1. The molecule has 0 aliphatic carbocycles. The van der Waals surface area contributed by atoms with Gasteiger partial charge in [0.15, 0.2) is 0 Å². The number of para-hydroxylation sites is 1. The van der Waals surface area contributed by atoms with Crippen LogP contribution < -0.4 is 15.4 Å². The average molecular weight is 442 g/mol. The van der Waals surface area contributed by atoms with Crippen LogP contribution in [0.2, 0.25) is 0 Å². The minimum atomic E-state index is -3.89. The zero-order valence-electron chi connectivity index (χ0n) is 16.1. The van der Waals surface area contributed by atoms with Crippen LogP contribution in [0.25, 0.3) is 10.4 Å². The summed E-state index contributed by atoms with van der Waals surface area (Å²) in [5.74, 6) is -0.797. The number of anilines is 1. The molecule has 2 heterocycles. The van der Waals surface area contributed by atoms with E-state index in [1.165, 1.54) is 39.9 Å². The number of sulfonamides is 1.